The van der Waals surface area contributed by atoms with Crippen molar-refractivity contribution in [3.63, 3.8) is 0 Å². The van der Waals surface area contributed by atoms with Gasteiger partial charge in [-0.15, -0.1) is 0 Å². The van der Waals surface area contributed by atoms with Crippen LogP contribution in [0.3, 0.4) is 0 Å². The smallest absolute Gasteiger partial charge is 0.209 e. The van der Waals surface area contributed by atoms with Crippen LogP contribution < -0.4 is 0 Å². The van der Waals surface area contributed by atoms with E-state index in [1.54, 1.807) is 19.9 Å². The summed E-state index contributed by atoms with van der Waals surface area (Å²) in [5.41, 5.74) is -2.42. The van der Waals surface area contributed by atoms with Crippen LogP contribution in [0.15, 0.2) is 59.1 Å². The first kappa shape index (κ1) is 28.6. The monoisotopic (exact) mass is 556 g/mol. The number of fused-ring (bicyclic) bond motifs is 3. The Bertz CT molecular complexity index is 1610. The molecule has 7 heteroatoms. The van der Waals surface area contributed by atoms with Crippen molar-refractivity contribution in [2.24, 2.45) is 22.7 Å². The van der Waals surface area contributed by atoms with Crippen LogP contribution in [-0.4, -0.2) is 43.4 Å². The van der Waals surface area contributed by atoms with Crippen molar-refractivity contribution < 1.29 is 34.8 Å². The predicted molar refractivity (Wildman–Crippen MR) is 155 cm³/mol. The van der Waals surface area contributed by atoms with Gasteiger partial charge in [0.2, 0.25) is 5.78 Å². The number of hydrogen-bond acceptors (Lipinski definition) is 7. The lowest BCUT2D eigenvalue weighted by molar-refractivity contribution is -0.171. The number of carbonyl (C=O) groups is 3. The Kier molecular flexibility index (Phi) is 6.46. The van der Waals surface area contributed by atoms with Crippen molar-refractivity contribution in [3.8, 4) is 5.75 Å². The average molecular weight is 557 g/mol. The van der Waals surface area contributed by atoms with Gasteiger partial charge in [-0.3, -0.25) is 14.4 Å². The molecule has 0 aliphatic heterocycles. The lowest BCUT2D eigenvalue weighted by Gasteiger charge is -2.59. The van der Waals surface area contributed by atoms with Gasteiger partial charge in [0.05, 0.1) is 5.56 Å². The maximum absolute atomic E-state index is 14.1. The summed E-state index contributed by atoms with van der Waals surface area (Å²) < 4.78 is 0. The second kappa shape index (κ2) is 9.28. The summed E-state index contributed by atoms with van der Waals surface area (Å²) in [5.74, 6) is -5.19. The predicted octanol–water partition coefficient (Wildman–Crippen LogP) is 5.83. The Morgan fingerprint density at radius 1 is 1.00 bits per heavy atom. The summed E-state index contributed by atoms with van der Waals surface area (Å²) in [6.45, 7) is 10.2. The molecule has 0 heterocycles. The number of aliphatic hydroxyl groups is 3. The summed E-state index contributed by atoms with van der Waals surface area (Å²) in [7, 11) is 0. The highest BCUT2D eigenvalue weighted by Crippen LogP contribution is 2.65. The van der Waals surface area contributed by atoms with E-state index in [1.165, 1.54) is 6.07 Å². The number of phenols is 1. The molecule has 3 aliphatic rings. The zero-order valence-corrected chi connectivity index (χ0v) is 24.2. The van der Waals surface area contributed by atoms with E-state index in [-0.39, 0.29) is 35.6 Å². The number of Topliss-reactive ketones (excluding diaryl/α,β-unsaturated/α-hetero) is 3. The highest BCUT2D eigenvalue weighted by atomic mass is 16.3. The second-order valence-electron chi connectivity index (χ2n) is 12.7. The molecule has 0 saturated carbocycles. The van der Waals surface area contributed by atoms with Gasteiger partial charge in [-0.05, 0) is 55.4 Å². The van der Waals surface area contributed by atoms with Gasteiger partial charge < -0.3 is 20.4 Å². The van der Waals surface area contributed by atoms with Crippen LogP contribution in [-0.2, 0) is 16.0 Å². The number of benzene rings is 2. The number of carbonyl (C=O) groups excluding carboxylic acids is 3. The van der Waals surface area contributed by atoms with E-state index in [4.69, 9.17) is 0 Å². The van der Waals surface area contributed by atoms with Crippen LogP contribution >= 0.6 is 0 Å². The SMILES string of the molecule is CC(=O)C1=C(O)C(C(C)C)[C@@]2(C)C[C@@]3(C)Cc4c(/C=C/c5ccc(C)cc5)ccc(O)c4C(=O)C3=C(O)[C@@]2(O)C1=O. The molecule has 0 fully saturated rings. The Labute approximate surface area is 239 Å². The van der Waals surface area contributed by atoms with Crippen LogP contribution in [0, 0.1) is 29.6 Å². The van der Waals surface area contributed by atoms with Gasteiger partial charge in [-0.2, -0.15) is 0 Å². The molecule has 5 rings (SSSR count). The van der Waals surface area contributed by atoms with Crippen LogP contribution in [0.2, 0.25) is 0 Å². The van der Waals surface area contributed by atoms with Gasteiger partial charge in [0, 0.05) is 22.3 Å². The number of ketones is 3. The molecule has 41 heavy (non-hydrogen) atoms. The average Bonchev–Trinajstić information content (AvgIpc) is 2.86. The number of hydrogen-bond donors (Lipinski definition) is 4. The van der Waals surface area contributed by atoms with Gasteiger partial charge in [0.15, 0.2) is 17.2 Å². The van der Waals surface area contributed by atoms with E-state index >= 15 is 0 Å². The van der Waals surface area contributed by atoms with E-state index in [0.29, 0.717) is 5.56 Å². The zero-order valence-electron chi connectivity index (χ0n) is 24.2. The molecule has 7 nitrogen and oxygen atoms in total. The molecule has 0 amide bonds. The van der Waals surface area contributed by atoms with Crippen molar-refractivity contribution >= 4 is 29.5 Å². The molecule has 0 saturated heterocycles. The van der Waals surface area contributed by atoms with Crippen molar-refractivity contribution in [3.05, 3.63) is 86.9 Å². The summed E-state index contributed by atoms with van der Waals surface area (Å²) in [6, 6.07) is 11.1. The van der Waals surface area contributed by atoms with Crippen molar-refractivity contribution in [1.29, 1.82) is 0 Å². The normalized spacial score (nSPS) is 29.6. The van der Waals surface area contributed by atoms with E-state index in [1.807, 2.05) is 57.2 Å². The second-order valence-corrected chi connectivity index (χ2v) is 12.7. The minimum Gasteiger partial charge on any atom is -0.511 e. The van der Waals surface area contributed by atoms with Gasteiger partial charge in [-0.1, -0.05) is 75.7 Å². The number of phenolic OH excluding ortho intramolecular Hbond substituents is 1. The molecular weight excluding hydrogens is 520 g/mol. The molecule has 4 N–H and O–H groups in total. The molecule has 1 unspecified atom stereocenters. The van der Waals surface area contributed by atoms with Crippen LogP contribution in [0.1, 0.15) is 73.7 Å². The number of aliphatic hydroxyl groups excluding tert-OH is 2. The lowest BCUT2D eigenvalue weighted by atomic mass is 9.44. The van der Waals surface area contributed by atoms with Crippen LogP contribution in [0.4, 0.5) is 0 Å². The topological polar surface area (TPSA) is 132 Å². The molecule has 2 aromatic rings. The third-order valence-corrected chi connectivity index (χ3v) is 9.46. The molecule has 0 radical (unpaired) electrons. The van der Waals surface area contributed by atoms with Crippen molar-refractivity contribution in [2.75, 3.05) is 0 Å². The summed E-state index contributed by atoms with van der Waals surface area (Å²) in [6.07, 6.45) is 4.08. The first-order valence-electron chi connectivity index (χ1n) is 13.9. The lowest BCUT2D eigenvalue weighted by Crippen LogP contribution is -2.67. The maximum Gasteiger partial charge on any atom is 0.209 e. The van der Waals surface area contributed by atoms with Crippen LogP contribution in [0.5, 0.6) is 5.75 Å². The third-order valence-electron chi connectivity index (χ3n) is 9.46. The van der Waals surface area contributed by atoms with Gasteiger partial charge in [0.1, 0.15) is 22.8 Å². The largest absolute Gasteiger partial charge is 0.511 e. The minimum atomic E-state index is -2.62. The Balaban J connectivity index is 1.73. The van der Waals surface area contributed by atoms with E-state index < -0.39 is 56.8 Å². The van der Waals surface area contributed by atoms with Gasteiger partial charge >= 0.3 is 0 Å². The molecule has 214 valence electrons. The molecule has 0 aromatic heterocycles. The molecule has 0 bridgehead atoms. The highest BCUT2D eigenvalue weighted by Gasteiger charge is 2.71. The fraction of sp³-hybridized carbons (Fsp3) is 0.382. The number of rotatable bonds is 4. The standard InChI is InChI=1S/C34H36O7/c1-17(2)26-28(37)24(19(4)35)30(39)34(41)31(40)27-29(38)25-22(15-32(27,5)16-33(26,34)6)21(13-14-23(25)36)12-11-20-9-7-18(3)8-10-20/h7-14,17,26,36-37,40-41H,15-16H2,1-6H3/b12-11+/t26?,32-,33-,34+/m1/s1. The van der Waals surface area contributed by atoms with Crippen LogP contribution in [0.25, 0.3) is 12.2 Å². The zero-order chi connectivity index (χ0) is 30.2. The fourth-order valence-corrected chi connectivity index (χ4v) is 7.77. The maximum atomic E-state index is 14.1. The third kappa shape index (κ3) is 3.86. The molecule has 2 aromatic carbocycles. The van der Waals surface area contributed by atoms with E-state index in [2.05, 4.69) is 0 Å². The van der Waals surface area contributed by atoms with Crippen molar-refractivity contribution in [2.45, 2.75) is 60.0 Å². The molecule has 0 spiro atoms. The number of allylic oxidation sites excluding steroid dienone is 2. The van der Waals surface area contributed by atoms with E-state index in [0.717, 1.165) is 23.6 Å². The number of aryl methyl sites for hydroxylation is 1. The Hall–Kier alpha value is -3.97. The highest BCUT2D eigenvalue weighted by molar-refractivity contribution is 6.25. The molecular formula is C34H36O7. The molecule has 4 atom stereocenters. The summed E-state index contributed by atoms with van der Waals surface area (Å²) in [4.78, 5) is 40.4. The van der Waals surface area contributed by atoms with Gasteiger partial charge in [0.25, 0.3) is 0 Å². The first-order chi connectivity index (χ1) is 19.1. The summed E-state index contributed by atoms with van der Waals surface area (Å²) in [5, 5.41) is 45.9. The first-order valence-corrected chi connectivity index (χ1v) is 13.9. The van der Waals surface area contributed by atoms with Gasteiger partial charge in [-0.25, -0.2) is 0 Å². The van der Waals surface area contributed by atoms with Crippen molar-refractivity contribution in [1.82, 2.24) is 0 Å². The Morgan fingerprint density at radius 3 is 2.22 bits per heavy atom. The molecule has 3 aliphatic carbocycles. The summed E-state index contributed by atoms with van der Waals surface area (Å²) >= 11 is 0. The quantitative estimate of drug-likeness (QED) is 0.275. The minimum absolute atomic E-state index is 0.0103. The Morgan fingerprint density at radius 2 is 1.63 bits per heavy atom. The fourth-order valence-electron chi connectivity index (χ4n) is 7.77. The van der Waals surface area contributed by atoms with E-state index in [9.17, 15) is 34.8 Å². The number of aromatic hydroxyl groups is 1.